The maximum Gasteiger partial charge on any atom is -0.00190 e. The summed E-state index contributed by atoms with van der Waals surface area (Å²) in [5.74, 6) is 8.00. The summed E-state index contributed by atoms with van der Waals surface area (Å²) < 4.78 is 0. The van der Waals surface area contributed by atoms with E-state index in [1.165, 1.54) is 45.3 Å². The van der Waals surface area contributed by atoms with Crippen molar-refractivity contribution in [1.29, 1.82) is 0 Å². The molecule has 0 amide bonds. The maximum absolute atomic E-state index is 5.41. The lowest BCUT2D eigenvalue weighted by Gasteiger charge is -2.17. The monoisotopic (exact) mass is 204 g/mol. The molecule has 0 unspecified atom stereocenters. The van der Waals surface area contributed by atoms with Crippen molar-refractivity contribution in [1.82, 2.24) is 4.90 Å². The predicted octanol–water partition coefficient (Wildman–Crippen LogP) is 0.666. The van der Waals surface area contributed by atoms with Crippen molar-refractivity contribution in [3.63, 3.8) is 0 Å². The molecule has 4 heteroatoms. The van der Waals surface area contributed by atoms with Gasteiger partial charge in [-0.15, -0.1) is 0 Å². The first-order valence-electron chi connectivity index (χ1n) is 5.60. The van der Waals surface area contributed by atoms with Crippen molar-refractivity contribution in [2.75, 3.05) is 26.2 Å². The Labute approximate surface area is 88.8 Å². The van der Waals surface area contributed by atoms with Gasteiger partial charge in [-0.3, -0.25) is 11.7 Å². The molecule has 0 aromatic heterocycles. The minimum atomic E-state index is 0.852. The van der Waals surface area contributed by atoms with Crippen LogP contribution in [0.5, 0.6) is 0 Å². The highest BCUT2D eigenvalue weighted by molar-refractivity contribution is 4.52. The molecule has 4 nitrogen and oxygen atoms in total. The first-order valence-corrected chi connectivity index (χ1v) is 5.60. The van der Waals surface area contributed by atoms with Crippen LogP contribution >= 0.6 is 0 Å². The quantitative estimate of drug-likeness (QED) is 0.308. The van der Waals surface area contributed by atoms with Crippen molar-refractivity contribution in [2.45, 2.75) is 39.5 Å². The van der Waals surface area contributed by atoms with E-state index in [1.807, 2.05) is 0 Å². The SMILES string of the molecule is CCN(CC)CCCCCCN.NN. The molecule has 0 rings (SSSR count). The van der Waals surface area contributed by atoms with Crippen molar-refractivity contribution < 1.29 is 0 Å². The molecule has 0 aromatic rings. The van der Waals surface area contributed by atoms with Crippen molar-refractivity contribution in [3.8, 4) is 0 Å². The van der Waals surface area contributed by atoms with Crippen LogP contribution in [0.4, 0.5) is 0 Å². The Balaban J connectivity index is 0. The summed E-state index contributed by atoms with van der Waals surface area (Å²) in [5.41, 5.74) is 5.41. The highest BCUT2D eigenvalue weighted by Gasteiger charge is 1.97. The standard InChI is InChI=1S/C10H24N2.H4N2/c1-3-12(4-2)10-8-6-5-7-9-11;1-2/h3-11H2,1-2H3;1-2H2. The third-order valence-corrected chi connectivity index (χ3v) is 2.32. The number of unbranched alkanes of at least 4 members (excludes halogenated alkanes) is 3. The molecule has 0 saturated carbocycles. The smallest absolute Gasteiger partial charge is 0.00190 e. The van der Waals surface area contributed by atoms with E-state index in [4.69, 9.17) is 5.73 Å². The van der Waals surface area contributed by atoms with Crippen LogP contribution in [0.15, 0.2) is 0 Å². The molecule has 0 heterocycles. The lowest BCUT2D eigenvalue weighted by molar-refractivity contribution is 0.295. The van der Waals surface area contributed by atoms with Gasteiger partial charge in [-0.25, -0.2) is 0 Å². The van der Waals surface area contributed by atoms with Gasteiger partial charge in [0.15, 0.2) is 0 Å². The van der Waals surface area contributed by atoms with E-state index in [0.717, 1.165) is 6.54 Å². The van der Waals surface area contributed by atoms with E-state index in [-0.39, 0.29) is 0 Å². The molecule has 0 spiro atoms. The number of hydrogen-bond donors (Lipinski definition) is 3. The molecule has 0 radical (unpaired) electrons. The fourth-order valence-electron chi connectivity index (χ4n) is 1.37. The number of nitrogens with two attached hydrogens (primary N) is 3. The minimum Gasteiger partial charge on any atom is -0.330 e. The zero-order valence-electron chi connectivity index (χ0n) is 9.84. The third kappa shape index (κ3) is 11.8. The van der Waals surface area contributed by atoms with Crippen LogP contribution in [0.1, 0.15) is 39.5 Å². The van der Waals surface area contributed by atoms with Gasteiger partial charge in [0.2, 0.25) is 0 Å². The Bertz CT molecular complexity index is 84.2. The van der Waals surface area contributed by atoms with Gasteiger partial charge in [0.25, 0.3) is 0 Å². The fourth-order valence-corrected chi connectivity index (χ4v) is 1.37. The van der Waals surface area contributed by atoms with Crippen molar-refractivity contribution in [2.24, 2.45) is 17.4 Å². The molecular weight excluding hydrogens is 176 g/mol. The van der Waals surface area contributed by atoms with Crippen LogP contribution in [0, 0.1) is 0 Å². The van der Waals surface area contributed by atoms with Crippen LogP contribution in [-0.2, 0) is 0 Å². The number of rotatable bonds is 8. The van der Waals surface area contributed by atoms with E-state index in [2.05, 4.69) is 30.4 Å². The van der Waals surface area contributed by atoms with Gasteiger partial charge in [-0.05, 0) is 39.0 Å². The van der Waals surface area contributed by atoms with Gasteiger partial charge < -0.3 is 10.6 Å². The number of hydrazine groups is 1. The Morgan fingerprint density at radius 1 is 0.857 bits per heavy atom. The normalized spacial score (nSPS) is 9.86. The van der Waals surface area contributed by atoms with Gasteiger partial charge in [0.1, 0.15) is 0 Å². The molecule has 6 N–H and O–H groups in total. The van der Waals surface area contributed by atoms with Crippen LogP contribution in [0.2, 0.25) is 0 Å². The van der Waals surface area contributed by atoms with Gasteiger partial charge in [-0.1, -0.05) is 26.7 Å². The summed E-state index contributed by atoms with van der Waals surface area (Å²) in [6, 6.07) is 0. The molecule has 0 atom stereocenters. The summed E-state index contributed by atoms with van der Waals surface area (Å²) in [4.78, 5) is 2.47. The molecule has 0 fully saturated rings. The van der Waals surface area contributed by atoms with Crippen LogP contribution in [0.3, 0.4) is 0 Å². The number of nitrogens with zero attached hydrogens (tertiary/aromatic N) is 1. The third-order valence-electron chi connectivity index (χ3n) is 2.32. The lowest BCUT2D eigenvalue weighted by Crippen LogP contribution is -2.23. The van der Waals surface area contributed by atoms with Gasteiger partial charge >= 0.3 is 0 Å². The highest BCUT2D eigenvalue weighted by Crippen LogP contribution is 2.00. The summed E-state index contributed by atoms with van der Waals surface area (Å²) in [7, 11) is 0. The van der Waals surface area contributed by atoms with Crippen LogP contribution in [-0.4, -0.2) is 31.1 Å². The summed E-state index contributed by atoms with van der Waals surface area (Å²) in [6.45, 7) is 8.94. The first-order chi connectivity index (χ1) is 6.85. The Morgan fingerprint density at radius 3 is 1.79 bits per heavy atom. The molecule has 0 aliphatic rings. The van der Waals surface area contributed by atoms with Crippen molar-refractivity contribution in [3.05, 3.63) is 0 Å². The van der Waals surface area contributed by atoms with Gasteiger partial charge in [0, 0.05) is 0 Å². The Morgan fingerprint density at radius 2 is 1.36 bits per heavy atom. The second-order valence-electron chi connectivity index (χ2n) is 3.23. The summed E-state index contributed by atoms with van der Waals surface area (Å²) in [5, 5.41) is 0. The average molecular weight is 204 g/mol. The van der Waals surface area contributed by atoms with Crippen LogP contribution in [0.25, 0.3) is 0 Å². The van der Waals surface area contributed by atoms with Gasteiger partial charge in [0.05, 0.1) is 0 Å². The zero-order chi connectivity index (χ0) is 11.2. The fraction of sp³-hybridized carbons (Fsp3) is 1.00. The highest BCUT2D eigenvalue weighted by atomic mass is 15.1. The molecule has 0 aromatic carbocycles. The van der Waals surface area contributed by atoms with E-state index in [9.17, 15) is 0 Å². The van der Waals surface area contributed by atoms with E-state index >= 15 is 0 Å². The first kappa shape index (κ1) is 16.3. The Hall–Kier alpha value is -0.160. The minimum absolute atomic E-state index is 0.852. The van der Waals surface area contributed by atoms with E-state index in [0.29, 0.717) is 0 Å². The molecule has 88 valence electrons. The summed E-state index contributed by atoms with van der Waals surface area (Å²) in [6.07, 6.45) is 5.17. The second kappa shape index (κ2) is 15.3. The topological polar surface area (TPSA) is 81.3 Å². The molecule has 14 heavy (non-hydrogen) atoms. The molecule has 0 aliphatic heterocycles. The lowest BCUT2D eigenvalue weighted by atomic mass is 10.2. The maximum atomic E-state index is 5.41. The molecule has 0 aliphatic carbocycles. The average Bonchev–Trinajstić information content (AvgIpc) is 2.26. The predicted molar refractivity (Wildman–Crippen MR) is 63.7 cm³/mol. The Kier molecular flexibility index (Phi) is 17.8. The summed E-state index contributed by atoms with van der Waals surface area (Å²) >= 11 is 0. The van der Waals surface area contributed by atoms with Crippen LogP contribution < -0.4 is 17.4 Å². The largest absolute Gasteiger partial charge is 0.330 e. The van der Waals surface area contributed by atoms with E-state index < -0.39 is 0 Å². The number of hydrogen-bond acceptors (Lipinski definition) is 4. The van der Waals surface area contributed by atoms with Gasteiger partial charge in [-0.2, -0.15) is 0 Å². The molecular formula is C10H28N4. The molecule has 0 saturated heterocycles. The zero-order valence-corrected chi connectivity index (χ0v) is 9.84. The van der Waals surface area contributed by atoms with E-state index in [1.54, 1.807) is 0 Å². The van der Waals surface area contributed by atoms with Crippen molar-refractivity contribution >= 4 is 0 Å². The second-order valence-corrected chi connectivity index (χ2v) is 3.23. The molecule has 0 bridgehead atoms.